The molecule has 7 nitrogen and oxygen atoms in total. The van der Waals surface area contributed by atoms with Gasteiger partial charge in [0.2, 0.25) is 11.9 Å². The lowest BCUT2D eigenvalue weighted by Gasteiger charge is -2.25. The number of aromatic amines is 1. The first-order valence-corrected chi connectivity index (χ1v) is 7.01. The van der Waals surface area contributed by atoms with Gasteiger partial charge in [-0.1, -0.05) is 18.2 Å². The number of aromatic nitrogens is 2. The van der Waals surface area contributed by atoms with Crippen LogP contribution in [0.15, 0.2) is 29.1 Å². The number of rotatable bonds is 3. The SMILES string of the molecule is CCOc1ccccc1C1CC(=O)Nc2nc(N)[nH]c(=O)c21. The van der Waals surface area contributed by atoms with Gasteiger partial charge in [0.1, 0.15) is 11.6 Å². The number of hydrogen-bond donors (Lipinski definition) is 3. The van der Waals surface area contributed by atoms with Crippen LogP contribution in [-0.4, -0.2) is 22.5 Å². The molecule has 2 aromatic rings. The molecule has 3 rings (SSSR count). The van der Waals surface area contributed by atoms with E-state index in [0.29, 0.717) is 17.9 Å². The van der Waals surface area contributed by atoms with E-state index >= 15 is 0 Å². The fraction of sp³-hybridized carbons (Fsp3) is 0.267. The van der Waals surface area contributed by atoms with Crippen LogP contribution in [0.25, 0.3) is 0 Å². The van der Waals surface area contributed by atoms with E-state index in [9.17, 15) is 9.59 Å². The molecular formula is C15H16N4O3. The largest absolute Gasteiger partial charge is 0.494 e. The molecule has 1 aromatic heterocycles. The highest BCUT2D eigenvalue weighted by molar-refractivity contribution is 5.94. The van der Waals surface area contributed by atoms with Gasteiger partial charge in [0, 0.05) is 17.9 Å². The summed E-state index contributed by atoms with van der Waals surface area (Å²) in [6, 6.07) is 7.38. The highest BCUT2D eigenvalue weighted by Gasteiger charge is 2.32. The third-order valence-corrected chi connectivity index (χ3v) is 3.56. The van der Waals surface area contributed by atoms with Gasteiger partial charge in [0.05, 0.1) is 12.2 Å². The first-order valence-electron chi connectivity index (χ1n) is 7.01. The third kappa shape index (κ3) is 2.41. The molecule has 1 aliphatic heterocycles. The van der Waals surface area contributed by atoms with Crippen molar-refractivity contribution in [3.8, 4) is 5.75 Å². The third-order valence-electron chi connectivity index (χ3n) is 3.56. The summed E-state index contributed by atoms with van der Waals surface area (Å²) >= 11 is 0. The number of anilines is 2. The van der Waals surface area contributed by atoms with Crippen LogP contribution in [-0.2, 0) is 4.79 Å². The lowest BCUT2D eigenvalue weighted by molar-refractivity contribution is -0.116. The van der Waals surface area contributed by atoms with Crippen LogP contribution in [0.3, 0.4) is 0 Å². The first kappa shape index (κ1) is 14.1. The molecule has 0 bridgehead atoms. The number of carbonyl (C=O) groups excluding carboxylic acids is 1. The highest BCUT2D eigenvalue weighted by atomic mass is 16.5. The molecule has 4 N–H and O–H groups in total. The fourth-order valence-electron chi connectivity index (χ4n) is 2.71. The molecule has 0 saturated carbocycles. The molecule has 1 unspecified atom stereocenters. The zero-order chi connectivity index (χ0) is 15.7. The smallest absolute Gasteiger partial charge is 0.258 e. The Kier molecular flexibility index (Phi) is 3.54. The van der Waals surface area contributed by atoms with Crippen LogP contribution >= 0.6 is 0 Å². The Hall–Kier alpha value is -2.83. The average Bonchev–Trinajstić information content (AvgIpc) is 2.46. The predicted molar refractivity (Wildman–Crippen MR) is 82.0 cm³/mol. The quantitative estimate of drug-likeness (QED) is 0.789. The van der Waals surface area contributed by atoms with Crippen molar-refractivity contribution in [2.75, 3.05) is 17.7 Å². The van der Waals surface area contributed by atoms with E-state index in [2.05, 4.69) is 15.3 Å². The number of ether oxygens (including phenoxy) is 1. The van der Waals surface area contributed by atoms with Crippen LogP contribution in [0.4, 0.5) is 11.8 Å². The minimum atomic E-state index is -0.414. The highest BCUT2D eigenvalue weighted by Crippen LogP contribution is 2.38. The van der Waals surface area contributed by atoms with Crippen LogP contribution < -0.4 is 21.3 Å². The number of nitrogen functional groups attached to an aromatic ring is 1. The van der Waals surface area contributed by atoms with Crippen molar-refractivity contribution < 1.29 is 9.53 Å². The monoisotopic (exact) mass is 300 g/mol. The van der Waals surface area contributed by atoms with Crippen molar-refractivity contribution in [1.82, 2.24) is 9.97 Å². The molecule has 0 radical (unpaired) electrons. The van der Waals surface area contributed by atoms with Crippen molar-refractivity contribution in [1.29, 1.82) is 0 Å². The second-order valence-electron chi connectivity index (χ2n) is 4.99. The van der Waals surface area contributed by atoms with E-state index in [0.717, 1.165) is 5.56 Å². The van der Waals surface area contributed by atoms with Crippen molar-refractivity contribution in [3.63, 3.8) is 0 Å². The van der Waals surface area contributed by atoms with Gasteiger partial charge >= 0.3 is 0 Å². The normalized spacial score (nSPS) is 16.8. The number of hydrogen-bond acceptors (Lipinski definition) is 5. The van der Waals surface area contributed by atoms with E-state index in [1.807, 2.05) is 31.2 Å². The molecule has 0 aliphatic carbocycles. The Morgan fingerprint density at radius 1 is 1.36 bits per heavy atom. The molecular weight excluding hydrogens is 284 g/mol. The molecule has 7 heteroatoms. The van der Waals surface area contributed by atoms with E-state index in [1.54, 1.807) is 0 Å². The molecule has 2 heterocycles. The number of H-pyrrole nitrogens is 1. The molecule has 1 aliphatic rings. The van der Waals surface area contributed by atoms with Crippen molar-refractivity contribution in [3.05, 3.63) is 45.7 Å². The number of fused-ring (bicyclic) bond motifs is 1. The Labute approximate surface area is 126 Å². The Morgan fingerprint density at radius 2 is 2.14 bits per heavy atom. The molecule has 22 heavy (non-hydrogen) atoms. The van der Waals surface area contributed by atoms with Gasteiger partial charge in [0.15, 0.2) is 0 Å². The second kappa shape index (κ2) is 5.51. The van der Waals surface area contributed by atoms with Crippen molar-refractivity contribution in [2.24, 2.45) is 0 Å². The number of nitrogens with two attached hydrogens (primary N) is 1. The minimum absolute atomic E-state index is 0.0252. The topological polar surface area (TPSA) is 110 Å². The molecule has 1 amide bonds. The summed E-state index contributed by atoms with van der Waals surface area (Å²) in [4.78, 5) is 30.7. The number of amides is 1. The first-order chi connectivity index (χ1) is 10.6. The molecule has 1 aromatic carbocycles. The summed E-state index contributed by atoms with van der Waals surface area (Å²) < 4.78 is 5.62. The van der Waals surface area contributed by atoms with Gasteiger partial charge in [-0.3, -0.25) is 14.6 Å². The number of para-hydroxylation sites is 1. The number of nitrogens with one attached hydrogen (secondary N) is 2. The maximum atomic E-state index is 12.3. The summed E-state index contributed by atoms with van der Waals surface area (Å²) in [5.74, 6) is 0.230. The minimum Gasteiger partial charge on any atom is -0.494 e. The predicted octanol–water partition coefficient (Wildman–Crippen LogP) is 1.22. The standard InChI is InChI=1S/C15H16N4O3/c1-2-22-10-6-4-3-5-8(10)9-7-11(20)17-13-12(9)14(21)19-15(16)18-13/h3-6,9H,2,7H2,1H3,(H4,16,17,18,19,20,21). The summed E-state index contributed by atoms with van der Waals surface area (Å²) in [6.45, 7) is 2.38. The average molecular weight is 300 g/mol. The van der Waals surface area contributed by atoms with E-state index in [1.165, 1.54) is 0 Å². The second-order valence-corrected chi connectivity index (χ2v) is 4.99. The van der Waals surface area contributed by atoms with Gasteiger partial charge in [-0.25, -0.2) is 0 Å². The van der Waals surface area contributed by atoms with E-state index in [-0.39, 0.29) is 29.7 Å². The molecule has 0 fully saturated rings. The van der Waals surface area contributed by atoms with Gasteiger partial charge in [-0.05, 0) is 13.0 Å². The van der Waals surface area contributed by atoms with Gasteiger partial charge in [-0.15, -0.1) is 0 Å². The van der Waals surface area contributed by atoms with E-state index < -0.39 is 5.92 Å². The van der Waals surface area contributed by atoms with Crippen LogP contribution in [0.2, 0.25) is 0 Å². The molecule has 0 spiro atoms. The van der Waals surface area contributed by atoms with Gasteiger partial charge < -0.3 is 15.8 Å². The number of carbonyl (C=O) groups is 1. The molecule has 0 saturated heterocycles. The zero-order valence-corrected chi connectivity index (χ0v) is 12.1. The van der Waals surface area contributed by atoms with Crippen LogP contribution in [0.5, 0.6) is 5.75 Å². The Balaban J connectivity index is 2.18. The summed E-state index contributed by atoms with van der Waals surface area (Å²) in [5.41, 5.74) is 6.39. The van der Waals surface area contributed by atoms with Gasteiger partial charge in [0.25, 0.3) is 5.56 Å². The summed E-state index contributed by atoms with van der Waals surface area (Å²) in [5, 5.41) is 2.60. The van der Waals surface area contributed by atoms with Crippen LogP contribution in [0, 0.1) is 0 Å². The van der Waals surface area contributed by atoms with Crippen LogP contribution in [0.1, 0.15) is 30.4 Å². The Bertz CT molecular complexity index is 785. The lowest BCUT2D eigenvalue weighted by atomic mass is 9.86. The maximum absolute atomic E-state index is 12.3. The van der Waals surface area contributed by atoms with Crippen molar-refractivity contribution >= 4 is 17.7 Å². The fourth-order valence-corrected chi connectivity index (χ4v) is 2.71. The van der Waals surface area contributed by atoms with Gasteiger partial charge in [-0.2, -0.15) is 4.98 Å². The van der Waals surface area contributed by atoms with Crippen molar-refractivity contribution in [2.45, 2.75) is 19.3 Å². The number of benzene rings is 1. The summed E-state index contributed by atoms with van der Waals surface area (Å²) in [7, 11) is 0. The zero-order valence-electron chi connectivity index (χ0n) is 12.1. The summed E-state index contributed by atoms with van der Waals surface area (Å²) in [6.07, 6.45) is 0.158. The number of nitrogens with zero attached hydrogens (tertiary/aromatic N) is 1. The Morgan fingerprint density at radius 3 is 2.91 bits per heavy atom. The lowest BCUT2D eigenvalue weighted by Crippen LogP contribution is -2.31. The van der Waals surface area contributed by atoms with E-state index in [4.69, 9.17) is 10.5 Å². The molecule has 114 valence electrons. The maximum Gasteiger partial charge on any atom is 0.258 e. The molecule has 1 atom stereocenters.